The van der Waals surface area contributed by atoms with E-state index in [1.54, 1.807) is 0 Å². The molecular weight excluding hydrogens is 320 g/mol. The van der Waals surface area contributed by atoms with Crippen LogP contribution in [0.3, 0.4) is 0 Å². The molecule has 0 saturated heterocycles. The van der Waals surface area contributed by atoms with Crippen LogP contribution < -0.4 is 16.1 Å². The fourth-order valence-electron chi connectivity index (χ4n) is 1.82. The first-order valence-electron chi connectivity index (χ1n) is 6.93. The van der Waals surface area contributed by atoms with Crippen LogP contribution in [-0.2, 0) is 14.4 Å². The van der Waals surface area contributed by atoms with Gasteiger partial charge in [-0.3, -0.25) is 19.6 Å². The third-order valence-corrected chi connectivity index (χ3v) is 3.87. The van der Waals surface area contributed by atoms with Gasteiger partial charge in [0.25, 0.3) is 5.91 Å². The molecule has 8 nitrogen and oxygen atoms in total. The summed E-state index contributed by atoms with van der Waals surface area (Å²) < 4.78 is 0.990. The summed E-state index contributed by atoms with van der Waals surface area (Å²) >= 11 is 1.39. The first kappa shape index (κ1) is 16.8. The molecule has 9 heteroatoms. The van der Waals surface area contributed by atoms with Crippen molar-refractivity contribution in [1.29, 1.82) is 0 Å². The van der Waals surface area contributed by atoms with Crippen LogP contribution in [0.1, 0.15) is 19.3 Å². The maximum atomic E-state index is 11.8. The second-order valence-corrected chi connectivity index (χ2v) is 5.73. The molecule has 0 unspecified atom stereocenters. The number of para-hydroxylation sites is 1. The van der Waals surface area contributed by atoms with Crippen molar-refractivity contribution in [3.63, 3.8) is 0 Å². The van der Waals surface area contributed by atoms with Gasteiger partial charge in [0.1, 0.15) is 0 Å². The van der Waals surface area contributed by atoms with Crippen molar-refractivity contribution in [3.8, 4) is 0 Å². The number of hydrogen-bond acceptors (Lipinski definition) is 6. The third-order valence-electron chi connectivity index (χ3n) is 2.92. The van der Waals surface area contributed by atoms with Gasteiger partial charge in [0.15, 0.2) is 5.13 Å². The molecule has 3 amide bonds. The Kier molecular flexibility index (Phi) is 6.01. The Morgan fingerprint density at radius 2 is 1.83 bits per heavy atom. The monoisotopic (exact) mass is 336 g/mol. The SMILES string of the molecule is O=C(CNC(=O)CCCC(=O)Nc1nc2ccccc2s1)NO. The van der Waals surface area contributed by atoms with Gasteiger partial charge in [-0.15, -0.1) is 0 Å². The highest BCUT2D eigenvalue weighted by Gasteiger charge is 2.09. The summed E-state index contributed by atoms with van der Waals surface area (Å²) in [7, 11) is 0. The van der Waals surface area contributed by atoms with Gasteiger partial charge >= 0.3 is 0 Å². The third kappa shape index (κ3) is 5.31. The number of fused-ring (bicyclic) bond motifs is 1. The maximum Gasteiger partial charge on any atom is 0.262 e. The number of thiazole rings is 1. The minimum absolute atomic E-state index is 0.117. The smallest absolute Gasteiger partial charge is 0.262 e. The average molecular weight is 336 g/mol. The molecule has 122 valence electrons. The van der Waals surface area contributed by atoms with E-state index in [1.807, 2.05) is 24.3 Å². The molecule has 1 aromatic carbocycles. The van der Waals surface area contributed by atoms with Gasteiger partial charge in [-0.1, -0.05) is 23.5 Å². The van der Waals surface area contributed by atoms with E-state index >= 15 is 0 Å². The quantitative estimate of drug-likeness (QED) is 0.444. The van der Waals surface area contributed by atoms with E-state index in [0.29, 0.717) is 11.6 Å². The number of nitrogens with zero attached hydrogens (tertiary/aromatic N) is 1. The molecule has 23 heavy (non-hydrogen) atoms. The van der Waals surface area contributed by atoms with Gasteiger partial charge in [0, 0.05) is 12.8 Å². The lowest BCUT2D eigenvalue weighted by atomic mass is 10.2. The van der Waals surface area contributed by atoms with E-state index in [-0.39, 0.29) is 31.2 Å². The summed E-state index contributed by atoms with van der Waals surface area (Å²) in [6.07, 6.45) is 0.644. The first-order chi connectivity index (χ1) is 11.1. The van der Waals surface area contributed by atoms with Crippen LogP contribution in [0.5, 0.6) is 0 Å². The van der Waals surface area contributed by atoms with Crippen LogP contribution in [0.15, 0.2) is 24.3 Å². The average Bonchev–Trinajstić information content (AvgIpc) is 2.94. The molecule has 0 spiro atoms. The van der Waals surface area contributed by atoms with Gasteiger partial charge in [-0.2, -0.15) is 0 Å². The minimum Gasteiger partial charge on any atom is -0.347 e. The van der Waals surface area contributed by atoms with Crippen LogP contribution >= 0.6 is 11.3 Å². The summed E-state index contributed by atoms with van der Waals surface area (Å²) in [6, 6.07) is 7.58. The van der Waals surface area contributed by atoms with Gasteiger partial charge in [0.2, 0.25) is 11.8 Å². The molecule has 0 radical (unpaired) electrons. The molecule has 0 aliphatic carbocycles. The number of aromatic nitrogens is 1. The van der Waals surface area contributed by atoms with E-state index in [2.05, 4.69) is 15.6 Å². The van der Waals surface area contributed by atoms with Crippen LogP contribution in [0.4, 0.5) is 5.13 Å². The topological polar surface area (TPSA) is 120 Å². The number of hydrogen-bond donors (Lipinski definition) is 4. The molecule has 0 aliphatic rings. The second-order valence-electron chi connectivity index (χ2n) is 4.70. The highest BCUT2D eigenvalue weighted by Crippen LogP contribution is 2.25. The van der Waals surface area contributed by atoms with E-state index in [9.17, 15) is 14.4 Å². The lowest BCUT2D eigenvalue weighted by Crippen LogP contribution is -2.35. The van der Waals surface area contributed by atoms with E-state index in [0.717, 1.165) is 10.2 Å². The van der Waals surface area contributed by atoms with Gasteiger partial charge in [-0.05, 0) is 18.6 Å². The Morgan fingerprint density at radius 3 is 2.57 bits per heavy atom. The number of carbonyl (C=O) groups excluding carboxylic acids is 3. The zero-order chi connectivity index (χ0) is 16.7. The molecular formula is C14H16N4O4S. The Morgan fingerprint density at radius 1 is 1.09 bits per heavy atom. The maximum absolute atomic E-state index is 11.8. The van der Waals surface area contributed by atoms with Gasteiger partial charge in [0.05, 0.1) is 16.8 Å². The minimum atomic E-state index is -0.702. The Bertz CT molecular complexity index is 683. The molecule has 0 fully saturated rings. The van der Waals surface area contributed by atoms with Crippen molar-refractivity contribution >= 4 is 44.4 Å². The van der Waals surface area contributed by atoms with Crippen molar-refractivity contribution < 1.29 is 19.6 Å². The Hall–Kier alpha value is -2.52. The van der Waals surface area contributed by atoms with Crippen LogP contribution in [-0.4, -0.2) is 34.5 Å². The summed E-state index contributed by atoms with van der Waals surface area (Å²) in [5, 5.41) is 13.8. The Labute approximate surface area is 135 Å². The van der Waals surface area contributed by atoms with Crippen molar-refractivity contribution in [2.24, 2.45) is 0 Å². The van der Waals surface area contributed by atoms with Crippen LogP contribution in [0.2, 0.25) is 0 Å². The van der Waals surface area contributed by atoms with Crippen LogP contribution in [0, 0.1) is 0 Å². The van der Waals surface area contributed by atoms with Crippen molar-refractivity contribution in [1.82, 2.24) is 15.8 Å². The molecule has 0 atom stereocenters. The summed E-state index contributed by atoms with van der Waals surface area (Å²) in [5.41, 5.74) is 2.24. The number of nitrogens with one attached hydrogen (secondary N) is 3. The highest BCUT2D eigenvalue weighted by atomic mass is 32.1. The van der Waals surface area contributed by atoms with Gasteiger partial charge in [-0.25, -0.2) is 10.5 Å². The second kappa shape index (κ2) is 8.20. The largest absolute Gasteiger partial charge is 0.347 e. The molecule has 1 aromatic heterocycles. The normalized spacial score (nSPS) is 10.3. The summed E-state index contributed by atoms with van der Waals surface area (Å²) in [5.74, 6) is -1.28. The number of amides is 3. The molecule has 0 saturated carbocycles. The zero-order valence-electron chi connectivity index (χ0n) is 12.2. The number of hydroxylamine groups is 1. The number of rotatable bonds is 7. The van der Waals surface area contributed by atoms with Crippen molar-refractivity contribution in [2.75, 3.05) is 11.9 Å². The molecule has 0 bridgehead atoms. The fraction of sp³-hybridized carbons (Fsp3) is 0.286. The molecule has 0 aliphatic heterocycles. The lowest BCUT2D eigenvalue weighted by Gasteiger charge is -2.04. The van der Waals surface area contributed by atoms with E-state index < -0.39 is 5.91 Å². The fourth-order valence-corrected chi connectivity index (χ4v) is 2.71. The van der Waals surface area contributed by atoms with Gasteiger partial charge < -0.3 is 10.6 Å². The summed E-state index contributed by atoms with van der Waals surface area (Å²) in [6.45, 7) is -0.298. The van der Waals surface area contributed by atoms with Crippen LogP contribution in [0.25, 0.3) is 10.2 Å². The zero-order valence-corrected chi connectivity index (χ0v) is 13.0. The molecule has 2 aromatic rings. The molecule has 2 rings (SSSR count). The standard InChI is InChI=1S/C14H16N4O4S/c19-11(15-8-13(21)18-22)6-3-7-12(20)17-14-16-9-4-1-2-5-10(9)23-14/h1-2,4-5,22H,3,6-8H2,(H,15,19)(H,18,21)(H,16,17,20). The lowest BCUT2D eigenvalue weighted by molar-refractivity contribution is -0.131. The molecule has 1 heterocycles. The van der Waals surface area contributed by atoms with E-state index in [4.69, 9.17) is 5.21 Å². The van der Waals surface area contributed by atoms with Crippen molar-refractivity contribution in [2.45, 2.75) is 19.3 Å². The van der Waals surface area contributed by atoms with E-state index in [1.165, 1.54) is 16.8 Å². The highest BCUT2D eigenvalue weighted by molar-refractivity contribution is 7.22. The molecule has 4 N–H and O–H groups in total. The van der Waals surface area contributed by atoms with Crippen molar-refractivity contribution in [3.05, 3.63) is 24.3 Å². The first-order valence-corrected chi connectivity index (χ1v) is 7.75. The number of benzene rings is 1. The predicted octanol–water partition coefficient (Wildman–Crippen LogP) is 1.03. The predicted molar refractivity (Wildman–Crippen MR) is 85.0 cm³/mol. The number of carbonyl (C=O) groups is 3. The number of anilines is 1. The Balaban J connectivity index is 1.70. The summed E-state index contributed by atoms with van der Waals surface area (Å²) in [4.78, 5) is 38.2.